The average molecular weight is 428 g/mol. The molecule has 0 spiro atoms. The number of fused-ring (bicyclic) bond motifs is 1. The van der Waals surface area contributed by atoms with Gasteiger partial charge in [0, 0.05) is 32.2 Å². The number of imidazole rings is 1. The highest BCUT2D eigenvalue weighted by Crippen LogP contribution is 2.20. The van der Waals surface area contributed by atoms with E-state index in [1.807, 2.05) is 23.1 Å². The number of carbonyl (C=O) groups excluding carboxylic acids is 1. The predicted molar refractivity (Wildman–Crippen MR) is 114 cm³/mol. The van der Waals surface area contributed by atoms with Gasteiger partial charge in [0.1, 0.15) is 18.0 Å². The smallest absolute Gasteiger partial charge is 0.317 e. The minimum absolute atomic E-state index is 0.0401. The molecule has 3 N–H and O–H groups in total. The number of piperazine rings is 1. The maximum atomic E-state index is 12.6. The lowest BCUT2D eigenvalue weighted by Gasteiger charge is -2.34. The molecule has 0 unspecified atom stereocenters. The summed E-state index contributed by atoms with van der Waals surface area (Å²) >= 11 is 0. The van der Waals surface area contributed by atoms with Crippen LogP contribution in [0.3, 0.4) is 0 Å². The van der Waals surface area contributed by atoms with Crippen molar-refractivity contribution < 1.29 is 14.7 Å². The van der Waals surface area contributed by atoms with Crippen LogP contribution in [0.15, 0.2) is 30.6 Å². The van der Waals surface area contributed by atoms with Gasteiger partial charge in [-0.25, -0.2) is 14.8 Å². The average Bonchev–Trinajstić information content (AvgIpc) is 3.40. The predicted octanol–water partition coefficient (Wildman–Crippen LogP) is 1.46. The first kappa shape index (κ1) is 22.2. The van der Waals surface area contributed by atoms with Crippen molar-refractivity contribution >= 4 is 23.5 Å². The van der Waals surface area contributed by atoms with Gasteiger partial charge in [0.25, 0.3) is 6.47 Å². The number of carboxylic acid groups (broad SMARTS) is 1. The fraction of sp³-hybridized carbons (Fsp3) is 0.450. The van der Waals surface area contributed by atoms with Crippen LogP contribution in [0.1, 0.15) is 31.5 Å². The second-order valence-corrected chi connectivity index (χ2v) is 7.44. The molecule has 1 aliphatic rings. The highest BCUT2D eigenvalue weighted by atomic mass is 16.3. The summed E-state index contributed by atoms with van der Waals surface area (Å²) in [5.74, 6) is 1.74. The number of hydrogen-bond acceptors (Lipinski definition) is 6. The highest BCUT2D eigenvalue weighted by Gasteiger charge is 2.22. The minimum atomic E-state index is -0.250. The van der Waals surface area contributed by atoms with Crippen molar-refractivity contribution in [2.75, 3.05) is 26.2 Å². The van der Waals surface area contributed by atoms with Gasteiger partial charge in [0.2, 0.25) is 0 Å². The third-order valence-corrected chi connectivity index (χ3v) is 5.08. The highest BCUT2D eigenvalue weighted by molar-refractivity contribution is 5.77. The van der Waals surface area contributed by atoms with E-state index in [2.05, 4.69) is 49.9 Å². The molecule has 3 heterocycles. The number of nitrogens with one attached hydrogen (secondary N) is 2. The molecule has 2 amide bonds. The molecule has 0 aliphatic carbocycles. The summed E-state index contributed by atoms with van der Waals surface area (Å²) in [6.45, 7) is 8.19. The van der Waals surface area contributed by atoms with E-state index in [1.54, 1.807) is 0 Å². The molecule has 0 saturated carbocycles. The normalized spacial score (nSPS) is 14.4. The van der Waals surface area contributed by atoms with Crippen LogP contribution in [0.25, 0.3) is 11.0 Å². The van der Waals surface area contributed by atoms with E-state index in [4.69, 9.17) is 14.9 Å². The van der Waals surface area contributed by atoms with Gasteiger partial charge in [-0.1, -0.05) is 12.1 Å². The molecule has 11 heteroatoms. The zero-order chi connectivity index (χ0) is 22.2. The van der Waals surface area contributed by atoms with E-state index in [9.17, 15) is 4.79 Å². The van der Waals surface area contributed by atoms with Crippen LogP contribution in [0.5, 0.6) is 0 Å². The standard InChI is InChI=1S/C19H26N8O.CH2O2/c1-14(2)27-16-6-4-3-5-15(16)23-18(27)11-20-19(28)26-9-7-25(8-10-26)12-17-21-13-22-24-17;2-1-3/h3-6,13-14H,7-12H2,1-2H3,(H,20,28)(H,21,22,24);1H,(H,2,3). The number of nitrogens with zero attached hydrogens (tertiary/aromatic N) is 6. The van der Waals surface area contributed by atoms with Crippen molar-refractivity contribution in [1.29, 1.82) is 0 Å². The quantitative estimate of drug-likeness (QED) is 0.524. The molecule has 166 valence electrons. The SMILES string of the molecule is CC(C)n1c(CNC(=O)N2CCN(Cc3ncn[nH]3)CC2)nc2ccccc21.O=CO. The number of para-hydroxylation sites is 2. The number of amides is 2. The van der Waals surface area contributed by atoms with E-state index in [0.717, 1.165) is 42.3 Å². The van der Waals surface area contributed by atoms with Gasteiger partial charge in [0.05, 0.1) is 24.1 Å². The second-order valence-electron chi connectivity index (χ2n) is 7.44. The largest absolute Gasteiger partial charge is 0.483 e. The number of benzene rings is 1. The molecule has 3 aromatic rings. The number of urea groups is 1. The molecule has 0 radical (unpaired) electrons. The van der Waals surface area contributed by atoms with Crippen molar-refractivity contribution in [2.24, 2.45) is 0 Å². The first-order chi connectivity index (χ1) is 15.0. The van der Waals surface area contributed by atoms with Crippen molar-refractivity contribution in [3.8, 4) is 0 Å². The zero-order valence-electron chi connectivity index (χ0n) is 17.7. The Morgan fingerprint density at radius 1 is 1.26 bits per heavy atom. The zero-order valence-corrected chi connectivity index (χ0v) is 17.7. The molecule has 11 nitrogen and oxygen atoms in total. The number of carbonyl (C=O) groups is 2. The Bertz CT molecular complexity index is 978. The maximum Gasteiger partial charge on any atom is 0.317 e. The van der Waals surface area contributed by atoms with Crippen LogP contribution in [0.2, 0.25) is 0 Å². The van der Waals surface area contributed by atoms with Crippen molar-refractivity contribution in [3.05, 3.63) is 42.2 Å². The molecule has 1 fully saturated rings. The van der Waals surface area contributed by atoms with Gasteiger partial charge in [-0.05, 0) is 26.0 Å². The number of rotatable bonds is 5. The summed E-state index contributed by atoms with van der Waals surface area (Å²) in [6.07, 6.45) is 1.52. The molecule has 0 atom stereocenters. The summed E-state index contributed by atoms with van der Waals surface area (Å²) in [5, 5.41) is 16.7. The van der Waals surface area contributed by atoms with Crippen LogP contribution >= 0.6 is 0 Å². The molecule has 1 saturated heterocycles. The Morgan fingerprint density at radius 2 is 1.97 bits per heavy atom. The molecule has 1 aromatic carbocycles. The fourth-order valence-corrected chi connectivity index (χ4v) is 3.69. The first-order valence-corrected chi connectivity index (χ1v) is 10.2. The monoisotopic (exact) mass is 428 g/mol. The van der Waals surface area contributed by atoms with E-state index in [1.165, 1.54) is 6.33 Å². The van der Waals surface area contributed by atoms with Crippen molar-refractivity contribution in [3.63, 3.8) is 0 Å². The van der Waals surface area contributed by atoms with Crippen LogP contribution < -0.4 is 5.32 Å². The Labute approximate surface area is 180 Å². The maximum absolute atomic E-state index is 12.6. The molecular weight excluding hydrogens is 400 g/mol. The summed E-state index contributed by atoms with van der Waals surface area (Å²) < 4.78 is 2.19. The van der Waals surface area contributed by atoms with Crippen LogP contribution in [-0.4, -0.2) is 78.3 Å². The summed E-state index contributed by atoms with van der Waals surface area (Å²) in [6, 6.07) is 8.32. The summed E-state index contributed by atoms with van der Waals surface area (Å²) in [4.78, 5) is 34.0. The number of aromatic amines is 1. The van der Waals surface area contributed by atoms with Crippen molar-refractivity contribution in [1.82, 2.24) is 39.8 Å². The van der Waals surface area contributed by atoms with Gasteiger partial charge in [-0.3, -0.25) is 14.8 Å². The Balaban J connectivity index is 0.000000858. The molecule has 1 aliphatic heterocycles. The van der Waals surface area contributed by atoms with Gasteiger partial charge in [-0.15, -0.1) is 0 Å². The van der Waals surface area contributed by atoms with Crippen LogP contribution in [-0.2, 0) is 17.9 Å². The van der Waals surface area contributed by atoms with Crippen molar-refractivity contribution in [2.45, 2.75) is 33.0 Å². The van der Waals surface area contributed by atoms with Crippen LogP contribution in [0, 0.1) is 0 Å². The lowest BCUT2D eigenvalue weighted by atomic mass is 10.3. The molecule has 31 heavy (non-hydrogen) atoms. The molecule has 0 bridgehead atoms. The lowest BCUT2D eigenvalue weighted by molar-refractivity contribution is -0.122. The van der Waals surface area contributed by atoms with E-state index in [0.29, 0.717) is 19.6 Å². The molecule has 4 rings (SSSR count). The molecular formula is C20H28N8O3. The Kier molecular flexibility index (Phi) is 7.55. The van der Waals surface area contributed by atoms with E-state index < -0.39 is 0 Å². The van der Waals surface area contributed by atoms with E-state index >= 15 is 0 Å². The second kappa shape index (κ2) is 10.5. The van der Waals surface area contributed by atoms with E-state index in [-0.39, 0.29) is 18.5 Å². The van der Waals surface area contributed by atoms with Crippen LogP contribution in [0.4, 0.5) is 4.79 Å². The van der Waals surface area contributed by atoms with Gasteiger partial charge in [-0.2, -0.15) is 5.10 Å². The number of aromatic nitrogens is 5. The first-order valence-electron chi connectivity index (χ1n) is 10.2. The summed E-state index contributed by atoms with van der Waals surface area (Å²) in [7, 11) is 0. The van der Waals surface area contributed by atoms with Gasteiger partial charge >= 0.3 is 6.03 Å². The summed E-state index contributed by atoms with van der Waals surface area (Å²) in [5.41, 5.74) is 2.06. The van der Waals surface area contributed by atoms with Gasteiger partial charge in [0.15, 0.2) is 0 Å². The third-order valence-electron chi connectivity index (χ3n) is 5.08. The minimum Gasteiger partial charge on any atom is -0.483 e. The van der Waals surface area contributed by atoms with Gasteiger partial charge < -0.3 is 19.9 Å². The Morgan fingerprint density at radius 3 is 2.61 bits per heavy atom. The molecule has 2 aromatic heterocycles. The topological polar surface area (TPSA) is 132 Å². The Hall–Kier alpha value is -3.47. The lowest BCUT2D eigenvalue weighted by Crippen LogP contribution is -2.51. The third kappa shape index (κ3) is 5.57. The number of hydrogen-bond donors (Lipinski definition) is 3. The number of H-pyrrole nitrogens is 1. The fourth-order valence-electron chi connectivity index (χ4n) is 3.69.